The highest BCUT2D eigenvalue weighted by atomic mass is 19.4. The van der Waals surface area contributed by atoms with Crippen molar-refractivity contribution >= 4 is 5.91 Å². The van der Waals surface area contributed by atoms with E-state index in [1.807, 2.05) is 12.1 Å². The lowest BCUT2D eigenvalue weighted by atomic mass is 9.93. The molecule has 3 aromatic rings. The highest BCUT2D eigenvalue weighted by Gasteiger charge is 2.31. The second-order valence-corrected chi connectivity index (χ2v) is 8.20. The second kappa shape index (κ2) is 8.76. The third kappa shape index (κ3) is 4.84. The van der Waals surface area contributed by atoms with Crippen LogP contribution in [-0.4, -0.2) is 33.9 Å². The molecule has 1 fully saturated rings. The summed E-state index contributed by atoms with van der Waals surface area (Å²) in [6.07, 6.45) is -0.503. The lowest BCUT2D eigenvalue weighted by molar-refractivity contribution is -0.137. The Hall–Kier alpha value is -3.16. The number of rotatable bonds is 4. The van der Waals surface area contributed by atoms with Crippen LogP contribution in [0.3, 0.4) is 0 Å². The normalized spacial score (nSPS) is 16.9. The van der Waals surface area contributed by atoms with Gasteiger partial charge in [0.1, 0.15) is 0 Å². The maximum atomic E-state index is 12.9. The number of oxazole rings is 1. The number of piperidine rings is 1. The average molecular weight is 443 g/mol. The average Bonchev–Trinajstić information content (AvgIpc) is 3.11. The molecule has 0 N–H and O–H groups in total. The van der Waals surface area contributed by atoms with Gasteiger partial charge in [-0.1, -0.05) is 24.3 Å². The van der Waals surface area contributed by atoms with Gasteiger partial charge in [-0.2, -0.15) is 13.2 Å². The van der Waals surface area contributed by atoms with Crippen LogP contribution < -0.4 is 0 Å². The Morgan fingerprint density at radius 3 is 2.66 bits per heavy atom. The summed E-state index contributed by atoms with van der Waals surface area (Å²) in [4.78, 5) is 23.4. The van der Waals surface area contributed by atoms with Crippen LogP contribution >= 0.6 is 0 Å². The molecule has 5 nitrogen and oxygen atoms in total. The SMILES string of the molecule is Cc1nc(C)c(C(=O)N2CCC[C@@H](c3ccc(Cc4cccc(C(F)(F)F)c4)cn3)C2)o1. The molecule has 3 heterocycles. The molecule has 0 saturated carbocycles. The van der Waals surface area contributed by atoms with E-state index in [9.17, 15) is 18.0 Å². The molecule has 168 valence electrons. The van der Waals surface area contributed by atoms with Gasteiger partial charge in [-0.25, -0.2) is 4.98 Å². The minimum Gasteiger partial charge on any atom is -0.436 e. The third-order valence-corrected chi connectivity index (χ3v) is 5.73. The summed E-state index contributed by atoms with van der Waals surface area (Å²) in [6.45, 7) is 4.67. The first-order valence-electron chi connectivity index (χ1n) is 10.5. The predicted octanol–water partition coefficient (Wildman–Crippen LogP) is 5.32. The summed E-state index contributed by atoms with van der Waals surface area (Å²) in [7, 11) is 0. The number of carbonyl (C=O) groups is 1. The van der Waals surface area contributed by atoms with E-state index in [4.69, 9.17) is 4.42 Å². The molecule has 32 heavy (non-hydrogen) atoms. The first-order chi connectivity index (χ1) is 15.2. The molecule has 1 saturated heterocycles. The van der Waals surface area contributed by atoms with Gasteiger partial charge >= 0.3 is 6.18 Å². The number of hydrogen-bond acceptors (Lipinski definition) is 4. The number of pyridine rings is 1. The molecular weight excluding hydrogens is 419 g/mol. The van der Waals surface area contributed by atoms with Crippen molar-refractivity contribution in [1.82, 2.24) is 14.9 Å². The van der Waals surface area contributed by atoms with Gasteiger partial charge in [-0.05, 0) is 49.4 Å². The number of aryl methyl sites for hydroxylation is 2. The summed E-state index contributed by atoms with van der Waals surface area (Å²) in [5.74, 6) is 0.693. The van der Waals surface area contributed by atoms with E-state index >= 15 is 0 Å². The Balaban J connectivity index is 1.44. The Bertz CT molecular complexity index is 1110. The zero-order valence-corrected chi connectivity index (χ0v) is 17.9. The van der Waals surface area contributed by atoms with Gasteiger partial charge in [0.05, 0.1) is 11.3 Å². The Labute approximate surface area is 184 Å². The van der Waals surface area contributed by atoms with Crippen LogP contribution in [0, 0.1) is 13.8 Å². The summed E-state index contributed by atoms with van der Waals surface area (Å²) in [5, 5.41) is 0. The molecule has 1 amide bonds. The number of carbonyl (C=O) groups excluding carboxylic acids is 1. The molecule has 1 aromatic carbocycles. The number of amides is 1. The van der Waals surface area contributed by atoms with Crippen molar-refractivity contribution in [2.24, 2.45) is 0 Å². The fourth-order valence-corrected chi connectivity index (χ4v) is 4.15. The van der Waals surface area contributed by atoms with Crippen LogP contribution in [0.1, 0.15) is 63.3 Å². The van der Waals surface area contributed by atoms with Crippen LogP contribution in [0.15, 0.2) is 47.0 Å². The smallest absolute Gasteiger partial charge is 0.416 e. The fraction of sp³-hybridized carbons (Fsp3) is 0.375. The predicted molar refractivity (Wildman–Crippen MR) is 112 cm³/mol. The van der Waals surface area contributed by atoms with Crippen molar-refractivity contribution in [2.75, 3.05) is 13.1 Å². The lowest BCUT2D eigenvalue weighted by Crippen LogP contribution is -2.39. The van der Waals surface area contributed by atoms with E-state index in [1.54, 1.807) is 31.0 Å². The van der Waals surface area contributed by atoms with Crippen LogP contribution in [0.2, 0.25) is 0 Å². The molecule has 0 spiro atoms. The summed E-state index contributed by atoms with van der Waals surface area (Å²) >= 11 is 0. The molecule has 0 radical (unpaired) electrons. The van der Waals surface area contributed by atoms with Gasteiger partial charge in [0.25, 0.3) is 5.91 Å². The van der Waals surface area contributed by atoms with E-state index < -0.39 is 11.7 Å². The molecule has 1 aliphatic rings. The highest BCUT2D eigenvalue weighted by Crippen LogP contribution is 2.30. The third-order valence-electron chi connectivity index (χ3n) is 5.73. The maximum Gasteiger partial charge on any atom is 0.416 e. The van der Waals surface area contributed by atoms with Gasteiger partial charge < -0.3 is 9.32 Å². The molecule has 1 aliphatic heterocycles. The zero-order valence-electron chi connectivity index (χ0n) is 17.9. The van der Waals surface area contributed by atoms with E-state index in [-0.39, 0.29) is 17.6 Å². The van der Waals surface area contributed by atoms with Gasteiger partial charge in [-0.15, -0.1) is 0 Å². The number of alkyl halides is 3. The zero-order chi connectivity index (χ0) is 22.9. The van der Waals surface area contributed by atoms with E-state index in [0.717, 1.165) is 30.2 Å². The van der Waals surface area contributed by atoms with Crippen molar-refractivity contribution < 1.29 is 22.4 Å². The van der Waals surface area contributed by atoms with Gasteiger partial charge in [0.2, 0.25) is 5.76 Å². The molecule has 4 rings (SSSR count). The van der Waals surface area contributed by atoms with Gasteiger partial charge in [-0.3, -0.25) is 9.78 Å². The second-order valence-electron chi connectivity index (χ2n) is 8.20. The van der Waals surface area contributed by atoms with Crippen molar-refractivity contribution in [2.45, 2.75) is 45.2 Å². The molecular formula is C24H24F3N3O2. The van der Waals surface area contributed by atoms with Crippen molar-refractivity contribution in [3.8, 4) is 0 Å². The number of aromatic nitrogens is 2. The van der Waals surface area contributed by atoms with Crippen molar-refractivity contribution in [3.63, 3.8) is 0 Å². The fourth-order valence-electron chi connectivity index (χ4n) is 4.15. The molecule has 0 unspecified atom stereocenters. The summed E-state index contributed by atoms with van der Waals surface area (Å²) in [6, 6.07) is 9.15. The number of benzene rings is 1. The number of nitrogens with zero attached hydrogens (tertiary/aromatic N) is 3. The number of halogens is 3. The monoisotopic (exact) mass is 443 g/mol. The van der Waals surface area contributed by atoms with E-state index in [0.29, 0.717) is 36.7 Å². The minimum atomic E-state index is -4.36. The first-order valence-corrected chi connectivity index (χ1v) is 10.5. The maximum absolute atomic E-state index is 12.9. The molecule has 0 aliphatic carbocycles. The van der Waals surface area contributed by atoms with Crippen LogP contribution in [-0.2, 0) is 12.6 Å². The van der Waals surface area contributed by atoms with Crippen molar-refractivity contribution in [3.05, 3.63) is 82.3 Å². The molecule has 2 aromatic heterocycles. The Morgan fingerprint density at radius 1 is 1.19 bits per heavy atom. The van der Waals surface area contributed by atoms with E-state index in [2.05, 4.69) is 9.97 Å². The minimum absolute atomic E-state index is 0.0969. The molecule has 0 bridgehead atoms. The van der Waals surface area contributed by atoms with Gasteiger partial charge in [0.15, 0.2) is 5.89 Å². The Kier molecular flexibility index (Phi) is 6.04. The quantitative estimate of drug-likeness (QED) is 0.548. The summed E-state index contributed by atoms with van der Waals surface area (Å²) < 4.78 is 44.3. The van der Waals surface area contributed by atoms with Crippen molar-refractivity contribution in [1.29, 1.82) is 0 Å². The highest BCUT2D eigenvalue weighted by molar-refractivity contribution is 5.92. The van der Waals surface area contributed by atoms with Crippen LogP contribution in [0.5, 0.6) is 0 Å². The number of hydrogen-bond donors (Lipinski definition) is 0. The topological polar surface area (TPSA) is 59.2 Å². The van der Waals surface area contributed by atoms with Crippen LogP contribution in [0.25, 0.3) is 0 Å². The van der Waals surface area contributed by atoms with Crippen LogP contribution in [0.4, 0.5) is 13.2 Å². The largest absolute Gasteiger partial charge is 0.436 e. The van der Waals surface area contributed by atoms with Gasteiger partial charge in [0, 0.05) is 37.8 Å². The lowest BCUT2D eigenvalue weighted by Gasteiger charge is -2.32. The Morgan fingerprint density at radius 2 is 2.00 bits per heavy atom. The standard InChI is InChI=1S/C24H24F3N3O2/c1-15-22(32-16(2)29-15)23(31)30-10-4-6-19(14-30)21-9-8-18(13-28-21)11-17-5-3-7-20(12-17)24(25,26)27/h3,5,7-9,12-13,19H,4,6,10-11,14H2,1-2H3/t19-/m1/s1. The first kappa shape index (κ1) is 22.0. The number of likely N-dealkylation sites (tertiary alicyclic amines) is 1. The molecule has 1 atom stereocenters. The van der Waals surface area contributed by atoms with E-state index in [1.165, 1.54) is 12.1 Å². The molecule has 8 heteroatoms. The summed E-state index contributed by atoms with van der Waals surface area (Å²) in [5.41, 5.74) is 2.24.